The molecule has 0 radical (unpaired) electrons. The van der Waals surface area contributed by atoms with Gasteiger partial charge in [-0.1, -0.05) is 24.0 Å². The molecule has 2 N–H and O–H groups in total. The fourth-order valence-electron chi connectivity index (χ4n) is 1.76. The molecule has 6 nitrogen and oxygen atoms in total. The molecule has 0 unspecified atom stereocenters. The van der Waals surface area contributed by atoms with Gasteiger partial charge in [-0.15, -0.1) is 0 Å². The van der Waals surface area contributed by atoms with Gasteiger partial charge in [0.25, 0.3) is 5.91 Å². The molecule has 9 heteroatoms. The van der Waals surface area contributed by atoms with Crippen LogP contribution in [0.4, 0.5) is 0 Å². The molecule has 1 aromatic carbocycles. The number of amides is 1. The lowest BCUT2D eigenvalue weighted by Gasteiger charge is -2.10. The van der Waals surface area contributed by atoms with Gasteiger partial charge in [0.15, 0.2) is 11.5 Å². The Hall–Kier alpha value is -1.58. The fourth-order valence-corrected chi connectivity index (χ4v) is 3.47. The molecule has 0 bridgehead atoms. The van der Waals surface area contributed by atoms with Gasteiger partial charge in [-0.25, -0.2) is 0 Å². The highest BCUT2D eigenvalue weighted by Crippen LogP contribution is 2.38. The number of ether oxygens (including phenoxy) is 1. The number of thioether (sulfide) groups is 1. The summed E-state index contributed by atoms with van der Waals surface area (Å²) in [5, 5.41) is 18.5. The molecule has 2 rings (SSSR count). The van der Waals surface area contributed by atoms with Crippen LogP contribution >= 0.6 is 39.9 Å². The molecule has 116 valence electrons. The smallest absolute Gasteiger partial charge is 0.323 e. The average molecular weight is 404 g/mol. The molecule has 1 fully saturated rings. The van der Waals surface area contributed by atoms with Crippen molar-refractivity contribution < 1.29 is 24.5 Å². The highest BCUT2D eigenvalue weighted by atomic mass is 79.9. The second-order valence-corrected chi connectivity index (χ2v) is 6.75. The molecular formula is C13H10BrNO5S2. The van der Waals surface area contributed by atoms with Crippen LogP contribution in [0, 0.1) is 0 Å². The van der Waals surface area contributed by atoms with Crippen molar-refractivity contribution in [3.63, 3.8) is 0 Å². The van der Waals surface area contributed by atoms with E-state index in [0.29, 0.717) is 14.9 Å². The van der Waals surface area contributed by atoms with Crippen LogP contribution in [0.5, 0.6) is 11.5 Å². The minimum atomic E-state index is -1.13. The maximum Gasteiger partial charge on any atom is 0.323 e. The third kappa shape index (κ3) is 3.42. The van der Waals surface area contributed by atoms with Gasteiger partial charge in [-0.2, -0.15) is 0 Å². The summed E-state index contributed by atoms with van der Waals surface area (Å²) in [6.07, 6.45) is 1.56. The number of carboxylic acids is 1. The summed E-state index contributed by atoms with van der Waals surface area (Å²) in [7, 11) is 1.41. The molecule has 1 heterocycles. The van der Waals surface area contributed by atoms with Crippen LogP contribution in [0.1, 0.15) is 5.56 Å². The normalized spacial score (nSPS) is 16.5. The van der Waals surface area contributed by atoms with Gasteiger partial charge in [0.05, 0.1) is 16.5 Å². The van der Waals surface area contributed by atoms with Gasteiger partial charge >= 0.3 is 5.97 Å². The van der Waals surface area contributed by atoms with Gasteiger partial charge < -0.3 is 14.9 Å². The second kappa shape index (κ2) is 6.67. The SMILES string of the molecule is COc1cc(/C=C2/SC(=S)N(CC(=O)O)C2=O)cc(Br)c1O. The minimum absolute atomic E-state index is 0.0434. The van der Waals surface area contributed by atoms with Gasteiger partial charge in [0, 0.05) is 0 Å². The molecule has 22 heavy (non-hydrogen) atoms. The van der Waals surface area contributed by atoms with E-state index in [0.717, 1.165) is 16.7 Å². The number of aliphatic carboxylic acids is 1. The van der Waals surface area contributed by atoms with Crippen LogP contribution in [-0.2, 0) is 9.59 Å². The predicted molar refractivity (Wildman–Crippen MR) is 89.9 cm³/mol. The highest BCUT2D eigenvalue weighted by molar-refractivity contribution is 9.10. The van der Waals surface area contributed by atoms with Gasteiger partial charge in [-0.3, -0.25) is 14.5 Å². The zero-order valence-electron chi connectivity index (χ0n) is 11.2. The van der Waals surface area contributed by atoms with E-state index in [1.54, 1.807) is 18.2 Å². The van der Waals surface area contributed by atoms with Gasteiger partial charge in [-0.05, 0) is 39.7 Å². The van der Waals surface area contributed by atoms with E-state index >= 15 is 0 Å². The van der Waals surface area contributed by atoms with Crippen molar-refractivity contribution in [2.45, 2.75) is 0 Å². The molecule has 0 aromatic heterocycles. The van der Waals surface area contributed by atoms with Crippen LogP contribution in [0.25, 0.3) is 6.08 Å². The van der Waals surface area contributed by atoms with Crippen molar-refractivity contribution in [3.8, 4) is 11.5 Å². The Labute approximate surface area is 143 Å². The average Bonchev–Trinajstić information content (AvgIpc) is 2.70. The van der Waals surface area contributed by atoms with E-state index in [1.165, 1.54) is 7.11 Å². The Morgan fingerprint density at radius 1 is 1.55 bits per heavy atom. The number of methoxy groups -OCH3 is 1. The first-order valence-electron chi connectivity index (χ1n) is 5.87. The van der Waals surface area contributed by atoms with Crippen molar-refractivity contribution in [3.05, 3.63) is 27.1 Å². The van der Waals surface area contributed by atoms with Gasteiger partial charge in [0.2, 0.25) is 0 Å². The Morgan fingerprint density at radius 3 is 2.82 bits per heavy atom. The molecule has 1 amide bonds. The number of aromatic hydroxyl groups is 1. The summed E-state index contributed by atoms with van der Waals surface area (Å²) in [5.74, 6) is -1.38. The number of benzene rings is 1. The first-order valence-corrected chi connectivity index (χ1v) is 7.89. The number of phenolic OH excluding ortho intramolecular Hbond substituents is 1. The van der Waals surface area contributed by atoms with E-state index in [9.17, 15) is 14.7 Å². The minimum Gasteiger partial charge on any atom is -0.503 e. The molecular weight excluding hydrogens is 394 g/mol. The molecule has 1 saturated heterocycles. The van der Waals surface area contributed by atoms with Crippen LogP contribution in [0.15, 0.2) is 21.5 Å². The zero-order chi connectivity index (χ0) is 16.4. The lowest BCUT2D eigenvalue weighted by molar-refractivity contribution is -0.140. The second-order valence-electron chi connectivity index (χ2n) is 4.22. The van der Waals surface area contributed by atoms with Crippen LogP contribution in [-0.4, -0.2) is 45.0 Å². The lowest BCUT2D eigenvalue weighted by atomic mass is 10.2. The summed E-state index contributed by atoms with van der Waals surface area (Å²) < 4.78 is 5.65. The molecule has 0 aliphatic carbocycles. The number of rotatable bonds is 4. The number of hydrogen-bond donors (Lipinski definition) is 2. The number of carboxylic acid groups (broad SMARTS) is 1. The summed E-state index contributed by atoms with van der Waals surface area (Å²) >= 11 is 9.24. The van der Waals surface area contributed by atoms with E-state index in [2.05, 4.69) is 15.9 Å². The van der Waals surface area contributed by atoms with E-state index in [1.807, 2.05) is 0 Å². The fraction of sp³-hybridized carbons (Fsp3) is 0.154. The summed E-state index contributed by atoms with van der Waals surface area (Å²) in [6.45, 7) is -0.468. The van der Waals surface area contributed by atoms with Crippen molar-refractivity contribution in [2.24, 2.45) is 0 Å². The lowest BCUT2D eigenvalue weighted by Crippen LogP contribution is -2.33. The third-order valence-corrected chi connectivity index (χ3v) is 4.72. The van der Waals surface area contributed by atoms with E-state index in [4.69, 9.17) is 22.1 Å². The highest BCUT2D eigenvalue weighted by Gasteiger charge is 2.33. The number of phenols is 1. The number of thiocarbonyl (C=S) groups is 1. The first-order chi connectivity index (χ1) is 10.3. The molecule has 1 aromatic rings. The maximum atomic E-state index is 12.2. The molecule has 0 saturated carbocycles. The van der Waals surface area contributed by atoms with Crippen LogP contribution in [0.3, 0.4) is 0 Å². The topological polar surface area (TPSA) is 87.1 Å². The van der Waals surface area contributed by atoms with Gasteiger partial charge in [0.1, 0.15) is 10.9 Å². The van der Waals surface area contributed by atoms with E-state index in [-0.39, 0.29) is 15.8 Å². The molecule has 0 spiro atoms. The number of carbonyl (C=O) groups is 2. The van der Waals surface area contributed by atoms with Crippen molar-refractivity contribution in [2.75, 3.05) is 13.7 Å². The number of carbonyl (C=O) groups excluding carboxylic acids is 1. The Bertz CT molecular complexity index is 704. The molecule has 1 aliphatic heterocycles. The summed E-state index contributed by atoms with van der Waals surface area (Å²) in [6, 6.07) is 3.17. The quantitative estimate of drug-likeness (QED) is 0.589. The zero-order valence-corrected chi connectivity index (χ0v) is 14.4. The van der Waals surface area contributed by atoms with E-state index < -0.39 is 18.4 Å². The van der Waals surface area contributed by atoms with Crippen LogP contribution < -0.4 is 4.74 Å². The standard InChI is InChI=1S/C13H10BrNO5S2/c1-20-8-3-6(2-7(14)11(8)18)4-9-12(19)15(5-10(16)17)13(21)22-9/h2-4,18H,5H2,1H3,(H,16,17)/b9-4+. The van der Waals surface area contributed by atoms with Crippen LogP contribution in [0.2, 0.25) is 0 Å². The molecule has 1 aliphatic rings. The summed E-state index contributed by atoms with van der Waals surface area (Å²) in [4.78, 5) is 24.2. The molecule has 0 atom stereocenters. The monoisotopic (exact) mass is 403 g/mol. The number of hydrogen-bond acceptors (Lipinski definition) is 6. The maximum absolute atomic E-state index is 12.2. The summed E-state index contributed by atoms with van der Waals surface area (Å²) in [5.41, 5.74) is 0.609. The Kier molecular flexibility index (Phi) is 5.09. The first kappa shape index (κ1) is 16.8. The van der Waals surface area contributed by atoms with Crippen molar-refractivity contribution >= 4 is 62.2 Å². The third-order valence-electron chi connectivity index (χ3n) is 2.74. The number of nitrogens with zero attached hydrogens (tertiary/aromatic N) is 1. The predicted octanol–water partition coefficient (Wildman–Crippen LogP) is 2.45. The van der Waals surface area contributed by atoms with Crippen molar-refractivity contribution in [1.29, 1.82) is 0 Å². The van der Waals surface area contributed by atoms with Crippen molar-refractivity contribution in [1.82, 2.24) is 4.90 Å². The Balaban J connectivity index is 2.34. The largest absolute Gasteiger partial charge is 0.503 e. The number of halogens is 1. The Morgan fingerprint density at radius 2 is 2.23 bits per heavy atom.